The van der Waals surface area contributed by atoms with Crippen LogP contribution in [0, 0.1) is 5.82 Å². The predicted octanol–water partition coefficient (Wildman–Crippen LogP) is 4.20. The standard InChI is InChI=1S/C15H14Br2FNO2/c16-10-1-6-14(17)15(7-10)19-8-12(20)9-21-13-4-2-11(18)3-5-13/h1-7,12,19-20H,8-9H2. The van der Waals surface area contributed by atoms with Crippen molar-refractivity contribution in [1.29, 1.82) is 0 Å². The number of benzene rings is 2. The maximum atomic E-state index is 12.7. The van der Waals surface area contributed by atoms with E-state index in [1.54, 1.807) is 0 Å². The van der Waals surface area contributed by atoms with E-state index < -0.39 is 6.10 Å². The van der Waals surface area contributed by atoms with Gasteiger partial charge in [0.15, 0.2) is 0 Å². The zero-order chi connectivity index (χ0) is 15.2. The monoisotopic (exact) mass is 417 g/mol. The maximum absolute atomic E-state index is 12.7. The molecule has 112 valence electrons. The van der Waals surface area contributed by atoms with Crippen LogP contribution in [0.15, 0.2) is 51.4 Å². The number of ether oxygens (including phenoxy) is 1. The van der Waals surface area contributed by atoms with Crippen LogP contribution in [0.4, 0.5) is 10.1 Å². The summed E-state index contributed by atoms with van der Waals surface area (Å²) in [5.74, 6) is 0.211. The zero-order valence-corrected chi connectivity index (χ0v) is 14.2. The molecule has 0 saturated heterocycles. The lowest BCUT2D eigenvalue weighted by molar-refractivity contribution is 0.117. The van der Waals surface area contributed by atoms with Crippen LogP contribution in [0.2, 0.25) is 0 Å². The molecule has 0 spiro atoms. The molecule has 2 aromatic carbocycles. The molecule has 0 heterocycles. The average Bonchev–Trinajstić information content (AvgIpc) is 2.47. The third kappa shape index (κ3) is 5.30. The number of anilines is 1. The number of hydrogen-bond donors (Lipinski definition) is 2. The zero-order valence-electron chi connectivity index (χ0n) is 11.0. The van der Waals surface area contributed by atoms with E-state index in [4.69, 9.17) is 4.74 Å². The highest BCUT2D eigenvalue weighted by Gasteiger charge is 2.07. The molecule has 0 amide bonds. The van der Waals surface area contributed by atoms with Crippen LogP contribution in [0.25, 0.3) is 0 Å². The Morgan fingerprint density at radius 2 is 1.86 bits per heavy atom. The first-order valence-corrected chi connectivity index (χ1v) is 7.88. The number of halogens is 3. The number of hydrogen-bond acceptors (Lipinski definition) is 3. The molecule has 0 aromatic heterocycles. The van der Waals surface area contributed by atoms with Crippen molar-refractivity contribution in [3.05, 3.63) is 57.2 Å². The number of aliphatic hydroxyl groups excluding tert-OH is 1. The van der Waals surface area contributed by atoms with E-state index in [-0.39, 0.29) is 12.4 Å². The predicted molar refractivity (Wildman–Crippen MR) is 88.2 cm³/mol. The Kier molecular flexibility index (Phi) is 6.02. The highest BCUT2D eigenvalue weighted by molar-refractivity contribution is 9.11. The molecule has 0 aliphatic heterocycles. The lowest BCUT2D eigenvalue weighted by Gasteiger charge is -2.15. The molecule has 0 aliphatic carbocycles. The van der Waals surface area contributed by atoms with Gasteiger partial charge >= 0.3 is 0 Å². The fraction of sp³-hybridized carbons (Fsp3) is 0.200. The molecule has 1 unspecified atom stereocenters. The second-order valence-corrected chi connectivity index (χ2v) is 6.19. The number of nitrogens with one attached hydrogen (secondary N) is 1. The molecule has 3 nitrogen and oxygen atoms in total. The van der Waals surface area contributed by atoms with Gasteiger partial charge in [-0.1, -0.05) is 15.9 Å². The summed E-state index contributed by atoms with van der Waals surface area (Å²) in [4.78, 5) is 0. The van der Waals surface area contributed by atoms with Gasteiger partial charge in [-0.15, -0.1) is 0 Å². The highest BCUT2D eigenvalue weighted by Crippen LogP contribution is 2.26. The first kappa shape index (κ1) is 16.3. The highest BCUT2D eigenvalue weighted by atomic mass is 79.9. The fourth-order valence-corrected chi connectivity index (χ4v) is 2.39. The minimum atomic E-state index is -0.680. The summed E-state index contributed by atoms with van der Waals surface area (Å²) in [6.07, 6.45) is -0.680. The molecule has 21 heavy (non-hydrogen) atoms. The van der Waals surface area contributed by atoms with Gasteiger partial charge in [-0.05, 0) is 58.4 Å². The van der Waals surface area contributed by atoms with E-state index >= 15 is 0 Å². The molecule has 0 radical (unpaired) electrons. The van der Waals surface area contributed by atoms with Crippen molar-refractivity contribution in [2.24, 2.45) is 0 Å². The molecule has 2 rings (SSSR count). The molecule has 0 aliphatic rings. The van der Waals surface area contributed by atoms with Crippen LogP contribution in [-0.2, 0) is 0 Å². The third-order valence-electron chi connectivity index (χ3n) is 2.71. The summed E-state index contributed by atoms with van der Waals surface area (Å²) in [6.45, 7) is 0.473. The Hall–Kier alpha value is -1.11. The SMILES string of the molecule is OC(CNc1cc(Br)ccc1Br)COc1ccc(F)cc1. The Bertz CT molecular complexity index is 593. The topological polar surface area (TPSA) is 41.5 Å². The largest absolute Gasteiger partial charge is 0.491 e. The Labute approximate surface area is 139 Å². The van der Waals surface area contributed by atoms with Crippen molar-refractivity contribution < 1.29 is 14.2 Å². The summed E-state index contributed by atoms with van der Waals surface area (Å²) in [6, 6.07) is 11.4. The maximum Gasteiger partial charge on any atom is 0.123 e. The van der Waals surface area contributed by atoms with Crippen molar-refractivity contribution in [3.8, 4) is 5.75 Å². The molecule has 0 bridgehead atoms. The van der Waals surface area contributed by atoms with Gasteiger partial charge in [-0.25, -0.2) is 4.39 Å². The summed E-state index contributed by atoms with van der Waals surface area (Å²) in [5, 5.41) is 13.0. The minimum absolute atomic E-state index is 0.129. The fourth-order valence-electron chi connectivity index (χ4n) is 1.64. The smallest absolute Gasteiger partial charge is 0.123 e. The minimum Gasteiger partial charge on any atom is -0.491 e. The third-order valence-corrected chi connectivity index (χ3v) is 3.90. The van der Waals surface area contributed by atoms with E-state index in [1.807, 2.05) is 18.2 Å². The Morgan fingerprint density at radius 3 is 2.57 bits per heavy atom. The molecule has 0 saturated carbocycles. The lowest BCUT2D eigenvalue weighted by Crippen LogP contribution is -2.26. The van der Waals surface area contributed by atoms with Crippen LogP contribution >= 0.6 is 31.9 Å². The quantitative estimate of drug-likeness (QED) is 0.738. The molecule has 2 aromatic rings. The van der Waals surface area contributed by atoms with Crippen molar-refractivity contribution >= 4 is 37.5 Å². The molecule has 1 atom stereocenters. The first-order valence-electron chi connectivity index (χ1n) is 6.30. The number of rotatable bonds is 6. The van der Waals surface area contributed by atoms with Gasteiger partial charge in [0.1, 0.15) is 24.3 Å². The van der Waals surface area contributed by atoms with E-state index in [0.717, 1.165) is 14.6 Å². The number of aliphatic hydroxyl groups is 1. The summed E-state index contributed by atoms with van der Waals surface area (Å²) >= 11 is 6.82. The van der Waals surface area contributed by atoms with Crippen LogP contribution in [0.3, 0.4) is 0 Å². The van der Waals surface area contributed by atoms with E-state index in [0.29, 0.717) is 12.3 Å². The van der Waals surface area contributed by atoms with Crippen LogP contribution in [-0.4, -0.2) is 24.4 Å². The lowest BCUT2D eigenvalue weighted by atomic mass is 10.3. The summed E-state index contributed by atoms with van der Waals surface area (Å²) in [7, 11) is 0. The average molecular weight is 419 g/mol. The normalized spacial score (nSPS) is 12.0. The molecule has 0 fully saturated rings. The van der Waals surface area contributed by atoms with Gasteiger partial charge in [-0.3, -0.25) is 0 Å². The van der Waals surface area contributed by atoms with Gasteiger partial charge in [0, 0.05) is 21.2 Å². The molecular weight excluding hydrogens is 405 g/mol. The molecule has 6 heteroatoms. The van der Waals surface area contributed by atoms with Gasteiger partial charge in [0.2, 0.25) is 0 Å². The Balaban J connectivity index is 1.80. The van der Waals surface area contributed by atoms with Gasteiger partial charge in [-0.2, -0.15) is 0 Å². The van der Waals surface area contributed by atoms with E-state index in [1.165, 1.54) is 24.3 Å². The van der Waals surface area contributed by atoms with E-state index in [9.17, 15) is 9.50 Å². The van der Waals surface area contributed by atoms with E-state index in [2.05, 4.69) is 37.2 Å². The second kappa shape index (κ2) is 7.77. The Morgan fingerprint density at radius 1 is 1.14 bits per heavy atom. The van der Waals surface area contributed by atoms with Gasteiger partial charge in [0.25, 0.3) is 0 Å². The van der Waals surface area contributed by atoms with Crippen molar-refractivity contribution in [2.45, 2.75) is 6.10 Å². The first-order chi connectivity index (χ1) is 10.0. The van der Waals surface area contributed by atoms with Crippen LogP contribution in [0.5, 0.6) is 5.75 Å². The van der Waals surface area contributed by atoms with Crippen molar-refractivity contribution in [1.82, 2.24) is 0 Å². The van der Waals surface area contributed by atoms with Crippen molar-refractivity contribution in [2.75, 3.05) is 18.5 Å². The second-order valence-electron chi connectivity index (χ2n) is 4.42. The molecule has 2 N–H and O–H groups in total. The van der Waals surface area contributed by atoms with Gasteiger partial charge < -0.3 is 15.2 Å². The van der Waals surface area contributed by atoms with Gasteiger partial charge in [0.05, 0.1) is 0 Å². The van der Waals surface area contributed by atoms with Crippen LogP contribution < -0.4 is 10.1 Å². The van der Waals surface area contributed by atoms with Crippen molar-refractivity contribution in [3.63, 3.8) is 0 Å². The summed E-state index contributed by atoms with van der Waals surface area (Å²) in [5.41, 5.74) is 0.880. The summed E-state index contributed by atoms with van der Waals surface area (Å²) < 4.78 is 20.0. The molecular formula is C15H14Br2FNO2. The van der Waals surface area contributed by atoms with Crippen LogP contribution in [0.1, 0.15) is 0 Å².